The van der Waals surface area contributed by atoms with E-state index in [2.05, 4.69) is 41.8 Å². The first-order valence-electron chi connectivity index (χ1n) is 7.87. The molecule has 1 saturated heterocycles. The topological polar surface area (TPSA) is 24.1 Å². The molecule has 2 heteroatoms. The van der Waals surface area contributed by atoms with Gasteiger partial charge >= 0.3 is 0 Å². The molecule has 1 aliphatic heterocycles. The van der Waals surface area contributed by atoms with Crippen molar-refractivity contribution >= 4 is 0 Å². The number of piperidine rings is 1. The maximum atomic E-state index is 3.58. The van der Waals surface area contributed by atoms with E-state index >= 15 is 0 Å². The van der Waals surface area contributed by atoms with Gasteiger partial charge in [-0.3, -0.25) is 0 Å². The first-order chi connectivity index (χ1) is 9.38. The number of hydrogen-bond acceptors (Lipinski definition) is 2. The molecule has 1 aromatic carbocycles. The van der Waals surface area contributed by atoms with Crippen molar-refractivity contribution in [2.24, 2.45) is 5.92 Å². The molecule has 0 amide bonds. The second-order valence-corrected chi connectivity index (χ2v) is 5.67. The Hall–Kier alpha value is -0.860. The third-order valence-electron chi connectivity index (χ3n) is 4.15. The van der Waals surface area contributed by atoms with Crippen molar-refractivity contribution in [2.75, 3.05) is 26.2 Å². The third-order valence-corrected chi connectivity index (χ3v) is 4.15. The molecule has 0 aromatic heterocycles. The fourth-order valence-corrected chi connectivity index (χ4v) is 2.78. The van der Waals surface area contributed by atoms with Gasteiger partial charge in [0.2, 0.25) is 0 Å². The highest BCUT2D eigenvalue weighted by Gasteiger charge is 2.11. The Kier molecular flexibility index (Phi) is 6.38. The molecule has 106 valence electrons. The van der Waals surface area contributed by atoms with Crippen LogP contribution in [0.2, 0.25) is 0 Å². The van der Waals surface area contributed by atoms with Crippen LogP contribution in [0.25, 0.3) is 0 Å². The van der Waals surface area contributed by atoms with Gasteiger partial charge in [-0.15, -0.1) is 0 Å². The number of benzene rings is 1. The smallest absolute Gasteiger partial charge is 0.000835 e. The van der Waals surface area contributed by atoms with Gasteiger partial charge in [0, 0.05) is 0 Å². The predicted octanol–water partition coefficient (Wildman–Crippen LogP) is 2.77. The summed E-state index contributed by atoms with van der Waals surface area (Å²) in [6.07, 6.45) is 6.37. The summed E-state index contributed by atoms with van der Waals surface area (Å²) in [5.41, 5.74) is 2.88. The average molecular weight is 260 g/mol. The summed E-state index contributed by atoms with van der Waals surface area (Å²) < 4.78 is 0. The zero-order valence-corrected chi connectivity index (χ0v) is 12.3. The highest BCUT2D eigenvalue weighted by molar-refractivity contribution is 5.22. The van der Waals surface area contributed by atoms with Crippen molar-refractivity contribution < 1.29 is 0 Å². The van der Waals surface area contributed by atoms with Gasteiger partial charge in [-0.05, 0) is 75.3 Å². The molecule has 19 heavy (non-hydrogen) atoms. The van der Waals surface area contributed by atoms with Crippen molar-refractivity contribution in [1.29, 1.82) is 0 Å². The van der Waals surface area contributed by atoms with E-state index in [0.717, 1.165) is 25.3 Å². The molecule has 0 saturated carbocycles. The summed E-state index contributed by atoms with van der Waals surface area (Å²) in [6.45, 7) is 6.92. The van der Waals surface area contributed by atoms with Gasteiger partial charge in [-0.25, -0.2) is 0 Å². The molecule has 1 aliphatic rings. The molecule has 2 N–H and O–H groups in total. The number of nitrogens with one attached hydrogen (secondary N) is 2. The molecule has 1 atom stereocenters. The van der Waals surface area contributed by atoms with Crippen molar-refractivity contribution in [3.63, 3.8) is 0 Å². The average Bonchev–Trinajstić information content (AvgIpc) is 2.49. The van der Waals surface area contributed by atoms with Crippen LogP contribution in [0.4, 0.5) is 0 Å². The van der Waals surface area contributed by atoms with E-state index in [1.54, 1.807) is 0 Å². The fourth-order valence-electron chi connectivity index (χ4n) is 2.78. The SMILES string of the molecule is CCc1ccc(CCNCCC2CCCNC2)cc1. The van der Waals surface area contributed by atoms with Gasteiger partial charge in [0.25, 0.3) is 0 Å². The molecule has 0 radical (unpaired) electrons. The van der Waals surface area contributed by atoms with Gasteiger partial charge < -0.3 is 10.6 Å². The minimum absolute atomic E-state index is 0.894. The van der Waals surface area contributed by atoms with Gasteiger partial charge in [-0.1, -0.05) is 31.2 Å². The number of rotatable bonds is 7. The fraction of sp³-hybridized carbons (Fsp3) is 0.647. The Morgan fingerprint density at radius 1 is 1.16 bits per heavy atom. The van der Waals surface area contributed by atoms with Crippen LogP contribution in [-0.2, 0) is 12.8 Å². The third kappa shape index (κ3) is 5.33. The summed E-state index contributed by atoms with van der Waals surface area (Å²) in [6, 6.07) is 9.04. The molecular weight excluding hydrogens is 232 g/mol. The Balaban J connectivity index is 1.55. The van der Waals surface area contributed by atoms with Gasteiger partial charge in [0.15, 0.2) is 0 Å². The predicted molar refractivity (Wildman–Crippen MR) is 82.6 cm³/mol. The number of aryl methyl sites for hydroxylation is 1. The number of hydrogen-bond donors (Lipinski definition) is 2. The van der Waals surface area contributed by atoms with Crippen LogP contribution < -0.4 is 10.6 Å². The van der Waals surface area contributed by atoms with Gasteiger partial charge in [-0.2, -0.15) is 0 Å². The first kappa shape index (κ1) is 14.5. The Bertz CT molecular complexity index is 339. The summed E-state index contributed by atoms with van der Waals surface area (Å²) in [4.78, 5) is 0. The maximum absolute atomic E-state index is 3.58. The molecule has 1 heterocycles. The molecule has 0 bridgehead atoms. The van der Waals surface area contributed by atoms with E-state index < -0.39 is 0 Å². The molecule has 2 nitrogen and oxygen atoms in total. The lowest BCUT2D eigenvalue weighted by molar-refractivity contribution is 0.352. The Morgan fingerprint density at radius 3 is 2.63 bits per heavy atom. The van der Waals surface area contributed by atoms with Crippen molar-refractivity contribution in [2.45, 2.75) is 39.0 Å². The molecule has 0 spiro atoms. The quantitative estimate of drug-likeness (QED) is 0.737. The van der Waals surface area contributed by atoms with Crippen LogP contribution in [-0.4, -0.2) is 26.2 Å². The maximum Gasteiger partial charge on any atom is -0.000835 e. The summed E-state index contributed by atoms with van der Waals surface area (Å²) in [5.74, 6) is 0.894. The standard InChI is InChI=1S/C17H28N2/c1-2-15-5-7-16(8-6-15)9-12-18-13-10-17-4-3-11-19-14-17/h5-8,17-19H,2-4,9-14H2,1H3. The van der Waals surface area contributed by atoms with Crippen LogP contribution in [0.5, 0.6) is 0 Å². The van der Waals surface area contributed by atoms with Crippen molar-refractivity contribution in [3.05, 3.63) is 35.4 Å². The Morgan fingerprint density at radius 2 is 1.95 bits per heavy atom. The Labute approximate surface area is 118 Å². The van der Waals surface area contributed by atoms with Gasteiger partial charge in [0.05, 0.1) is 0 Å². The van der Waals surface area contributed by atoms with Crippen LogP contribution in [0, 0.1) is 5.92 Å². The van der Waals surface area contributed by atoms with Crippen molar-refractivity contribution in [1.82, 2.24) is 10.6 Å². The lowest BCUT2D eigenvalue weighted by Crippen LogP contribution is -2.32. The highest BCUT2D eigenvalue weighted by atomic mass is 14.9. The lowest BCUT2D eigenvalue weighted by atomic mass is 9.96. The minimum atomic E-state index is 0.894. The first-order valence-corrected chi connectivity index (χ1v) is 7.87. The van der Waals surface area contributed by atoms with E-state index in [1.807, 2.05) is 0 Å². The van der Waals surface area contributed by atoms with E-state index in [4.69, 9.17) is 0 Å². The second kappa shape index (κ2) is 8.34. The monoisotopic (exact) mass is 260 g/mol. The molecule has 0 aliphatic carbocycles. The van der Waals surface area contributed by atoms with Gasteiger partial charge in [0.1, 0.15) is 0 Å². The van der Waals surface area contributed by atoms with E-state index in [9.17, 15) is 0 Å². The largest absolute Gasteiger partial charge is 0.316 e. The van der Waals surface area contributed by atoms with Crippen molar-refractivity contribution in [3.8, 4) is 0 Å². The van der Waals surface area contributed by atoms with E-state index in [0.29, 0.717) is 0 Å². The van der Waals surface area contributed by atoms with E-state index in [-0.39, 0.29) is 0 Å². The molecule has 2 rings (SSSR count). The molecular formula is C17H28N2. The highest BCUT2D eigenvalue weighted by Crippen LogP contribution is 2.12. The zero-order valence-electron chi connectivity index (χ0n) is 12.3. The van der Waals surface area contributed by atoms with Crippen LogP contribution in [0.3, 0.4) is 0 Å². The van der Waals surface area contributed by atoms with E-state index in [1.165, 1.54) is 50.0 Å². The lowest BCUT2D eigenvalue weighted by Gasteiger charge is -2.22. The minimum Gasteiger partial charge on any atom is -0.316 e. The van der Waals surface area contributed by atoms with Crippen LogP contribution in [0.15, 0.2) is 24.3 Å². The normalized spacial score (nSPS) is 19.5. The van der Waals surface area contributed by atoms with Crippen LogP contribution in [0.1, 0.15) is 37.3 Å². The second-order valence-electron chi connectivity index (χ2n) is 5.67. The summed E-state index contributed by atoms with van der Waals surface area (Å²) in [5, 5.41) is 7.07. The summed E-state index contributed by atoms with van der Waals surface area (Å²) >= 11 is 0. The molecule has 1 unspecified atom stereocenters. The summed E-state index contributed by atoms with van der Waals surface area (Å²) in [7, 11) is 0. The molecule has 1 fully saturated rings. The van der Waals surface area contributed by atoms with Crippen LogP contribution >= 0.6 is 0 Å². The molecule has 1 aromatic rings. The zero-order chi connectivity index (χ0) is 13.3.